The summed E-state index contributed by atoms with van der Waals surface area (Å²) in [5.74, 6) is -1.05. The van der Waals surface area contributed by atoms with E-state index in [0.717, 1.165) is 25.7 Å². The zero-order valence-electron chi connectivity index (χ0n) is 11.5. The standard InChI is InChI=1S/C13H20N4O3/c1-17(10-4-2-3-5-10)13(20)16-11(12(18)19)6-9-7-14-8-15-9/h7-8,10-11H,2-6H2,1H3,(H,14,15)(H,16,20)(H,18,19)/t11-/m1/s1. The molecule has 0 aromatic carbocycles. The number of carbonyl (C=O) groups is 2. The van der Waals surface area contributed by atoms with Crippen LogP contribution in [0.3, 0.4) is 0 Å². The van der Waals surface area contributed by atoms with Gasteiger partial charge in [-0.1, -0.05) is 12.8 Å². The molecule has 1 aliphatic rings. The van der Waals surface area contributed by atoms with Gasteiger partial charge in [0.1, 0.15) is 6.04 Å². The molecule has 110 valence electrons. The zero-order valence-corrected chi connectivity index (χ0v) is 11.5. The number of urea groups is 1. The summed E-state index contributed by atoms with van der Waals surface area (Å²) in [5.41, 5.74) is 0.682. The average Bonchev–Trinajstić information content (AvgIpc) is 3.09. The van der Waals surface area contributed by atoms with E-state index in [9.17, 15) is 14.7 Å². The highest BCUT2D eigenvalue weighted by Gasteiger charge is 2.27. The van der Waals surface area contributed by atoms with Gasteiger partial charge in [0.2, 0.25) is 0 Å². The Labute approximate surface area is 117 Å². The Morgan fingerprint density at radius 2 is 2.25 bits per heavy atom. The number of hydrogen-bond donors (Lipinski definition) is 3. The molecule has 3 N–H and O–H groups in total. The second-order valence-corrected chi connectivity index (χ2v) is 5.17. The maximum Gasteiger partial charge on any atom is 0.326 e. The number of amides is 2. The smallest absolute Gasteiger partial charge is 0.326 e. The SMILES string of the molecule is CN(C(=O)N[C@H](Cc1cnc[nH]1)C(=O)O)C1CCCC1. The number of carboxylic acid groups (broad SMARTS) is 1. The number of nitrogens with one attached hydrogen (secondary N) is 2. The van der Waals surface area contributed by atoms with Crippen LogP contribution in [0.25, 0.3) is 0 Å². The topological polar surface area (TPSA) is 98.3 Å². The number of hydrogen-bond acceptors (Lipinski definition) is 3. The predicted molar refractivity (Wildman–Crippen MR) is 72.3 cm³/mol. The lowest BCUT2D eigenvalue weighted by molar-refractivity contribution is -0.139. The van der Waals surface area contributed by atoms with E-state index in [1.807, 2.05) is 0 Å². The highest BCUT2D eigenvalue weighted by atomic mass is 16.4. The first-order valence-corrected chi connectivity index (χ1v) is 6.81. The van der Waals surface area contributed by atoms with Gasteiger partial charge < -0.3 is 20.3 Å². The molecule has 1 aromatic rings. The van der Waals surface area contributed by atoms with Crippen molar-refractivity contribution in [3.05, 3.63) is 18.2 Å². The number of carbonyl (C=O) groups excluding carboxylic acids is 1. The average molecular weight is 280 g/mol. The Morgan fingerprint density at radius 3 is 2.80 bits per heavy atom. The number of aromatic amines is 1. The van der Waals surface area contributed by atoms with Gasteiger partial charge in [0, 0.05) is 31.4 Å². The lowest BCUT2D eigenvalue weighted by Gasteiger charge is -2.26. The van der Waals surface area contributed by atoms with Crippen molar-refractivity contribution in [2.75, 3.05) is 7.05 Å². The van der Waals surface area contributed by atoms with Gasteiger partial charge >= 0.3 is 12.0 Å². The molecule has 1 fully saturated rings. The minimum absolute atomic E-state index is 0.194. The first-order valence-electron chi connectivity index (χ1n) is 6.81. The molecule has 0 bridgehead atoms. The fourth-order valence-corrected chi connectivity index (χ4v) is 2.52. The number of imidazole rings is 1. The summed E-state index contributed by atoms with van der Waals surface area (Å²) in [6.45, 7) is 0. The van der Waals surface area contributed by atoms with E-state index in [1.54, 1.807) is 18.1 Å². The number of rotatable bonds is 5. The zero-order chi connectivity index (χ0) is 14.5. The Bertz CT molecular complexity index is 454. The Balaban J connectivity index is 1.93. The third-order valence-corrected chi connectivity index (χ3v) is 3.77. The van der Waals surface area contributed by atoms with Gasteiger partial charge in [-0.05, 0) is 12.8 Å². The molecule has 1 heterocycles. The molecule has 2 amide bonds. The van der Waals surface area contributed by atoms with Crippen LogP contribution in [-0.4, -0.2) is 51.1 Å². The Morgan fingerprint density at radius 1 is 1.55 bits per heavy atom. The van der Waals surface area contributed by atoms with Gasteiger partial charge in [-0.15, -0.1) is 0 Å². The van der Waals surface area contributed by atoms with Crippen LogP contribution in [0.2, 0.25) is 0 Å². The van der Waals surface area contributed by atoms with Crippen molar-refractivity contribution >= 4 is 12.0 Å². The quantitative estimate of drug-likeness (QED) is 0.749. The molecular weight excluding hydrogens is 260 g/mol. The molecule has 20 heavy (non-hydrogen) atoms. The molecule has 7 nitrogen and oxygen atoms in total. The van der Waals surface area contributed by atoms with E-state index in [2.05, 4.69) is 15.3 Å². The van der Waals surface area contributed by atoms with Crippen LogP contribution in [0.5, 0.6) is 0 Å². The molecule has 0 radical (unpaired) electrons. The van der Waals surface area contributed by atoms with E-state index in [-0.39, 0.29) is 18.5 Å². The van der Waals surface area contributed by atoms with Gasteiger partial charge in [-0.3, -0.25) is 0 Å². The fourth-order valence-electron chi connectivity index (χ4n) is 2.52. The van der Waals surface area contributed by atoms with Gasteiger partial charge in [-0.2, -0.15) is 0 Å². The minimum atomic E-state index is -1.05. The summed E-state index contributed by atoms with van der Waals surface area (Å²) in [4.78, 5) is 31.6. The number of aliphatic carboxylic acids is 1. The second kappa shape index (κ2) is 6.40. The molecule has 0 aliphatic heterocycles. The van der Waals surface area contributed by atoms with Crippen LogP contribution in [0.4, 0.5) is 4.79 Å². The number of aromatic nitrogens is 2. The van der Waals surface area contributed by atoms with E-state index in [1.165, 1.54) is 6.33 Å². The molecule has 0 saturated heterocycles. The van der Waals surface area contributed by atoms with Crippen molar-refractivity contribution in [1.82, 2.24) is 20.2 Å². The molecule has 1 atom stereocenters. The highest BCUT2D eigenvalue weighted by Crippen LogP contribution is 2.22. The maximum absolute atomic E-state index is 12.1. The lowest BCUT2D eigenvalue weighted by atomic mass is 10.1. The number of carboxylic acids is 1. The van der Waals surface area contributed by atoms with Crippen LogP contribution >= 0.6 is 0 Å². The second-order valence-electron chi connectivity index (χ2n) is 5.17. The van der Waals surface area contributed by atoms with Crippen molar-refractivity contribution in [2.45, 2.75) is 44.2 Å². The fraction of sp³-hybridized carbons (Fsp3) is 0.615. The van der Waals surface area contributed by atoms with Crippen molar-refractivity contribution in [2.24, 2.45) is 0 Å². The predicted octanol–water partition coefficient (Wildman–Crippen LogP) is 0.989. The van der Waals surface area contributed by atoms with Gasteiger partial charge in [0.05, 0.1) is 6.33 Å². The number of nitrogens with zero attached hydrogens (tertiary/aromatic N) is 2. The Hall–Kier alpha value is -2.05. The van der Waals surface area contributed by atoms with Crippen molar-refractivity contribution in [1.29, 1.82) is 0 Å². The Kier molecular flexibility index (Phi) is 4.60. The summed E-state index contributed by atoms with van der Waals surface area (Å²) in [7, 11) is 1.72. The molecule has 2 rings (SSSR count). The molecule has 0 spiro atoms. The van der Waals surface area contributed by atoms with E-state index in [0.29, 0.717) is 5.69 Å². The first-order chi connectivity index (χ1) is 9.58. The minimum Gasteiger partial charge on any atom is -0.480 e. The van der Waals surface area contributed by atoms with Crippen LogP contribution in [-0.2, 0) is 11.2 Å². The molecule has 1 aromatic heterocycles. The largest absolute Gasteiger partial charge is 0.480 e. The van der Waals surface area contributed by atoms with Gasteiger partial charge in [-0.25, -0.2) is 14.6 Å². The normalized spacial score (nSPS) is 16.9. The van der Waals surface area contributed by atoms with Crippen LogP contribution in [0.15, 0.2) is 12.5 Å². The third kappa shape index (κ3) is 3.49. The molecule has 1 saturated carbocycles. The van der Waals surface area contributed by atoms with Crippen LogP contribution in [0.1, 0.15) is 31.4 Å². The number of H-pyrrole nitrogens is 1. The summed E-state index contributed by atoms with van der Waals surface area (Å²) in [5, 5.41) is 11.8. The van der Waals surface area contributed by atoms with Gasteiger partial charge in [0.25, 0.3) is 0 Å². The van der Waals surface area contributed by atoms with E-state index >= 15 is 0 Å². The van der Waals surface area contributed by atoms with E-state index in [4.69, 9.17) is 0 Å². The molecule has 0 unspecified atom stereocenters. The molecular formula is C13H20N4O3. The van der Waals surface area contributed by atoms with Crippen LogP contribution < -0.4 is 5.32 Å². The highest BCUT2D eigenvalue weighted by molar-refractivity contribution is 5.82. The monoisotopic (exact) mass is 280 g/mol. The molecule has 1 aliphatic carbocycles. The summed E-state index contributed by atoms with van der Waals surface area (Å²) < 4.78 is 0. The van der Waals surface area contributed by atoms with Crippen molar-refractivity contribution < 1.29 is 14.7 Å². The molecule has 7 heteroatoms. The summed E-state index contributed by atoms with van der Waals surface area (Å²) in [6, 6.07) is -1.06. The third-order valence-electron chi connectivity index (χ3n) is 3.77. The van der Waals surface area contributed by atoms with Crippen molar-refractivity contribution in [3.63, 3.8) is 0 Å². The first kappa shape index (κ1) is 14.4. The lowest BCUT2D eigenvalue weighted by Crippen LogP contribution is -2.50. The van der Waals surface area contributed by atoms with E-state index < -0.39 is 12.0 Å². The summed E-state index contributed by atoms with van der Waals surface area (Å²) >= 11 is 0. The van der Waals surface area contributed by atoms with Crippen LogP contribution in [0, 0.1) is 0 Å². The summed E-state index contributed by atoms with van der Waals surface area (Å²) in [6.07, 6.45) is 7.46. The van der Waals surface area contributed by atoms with Crippen molar-refractivity contribution in [3.8, 4) is 0 Å². The maximum atomic E-state index is 12.1. The van der Waals surface area contributed by atoms with Gasteiger partial charge in [0.15, 0.2) is 0 Å².